The predicted octanol–water partition coefficient (Wildman–Crippen LogP) is 2.67. The van der Waals surface area contributed by atoms with Gasteiger partial charge in [-0.2, -0.15) is 0 Å². The largest absolute Gasteiger partial charge is 0.357 e. The van der Waals surface area contributed by atoms with E-state index in [1.807, 2.05) is 43.3 Å². The Kier molecular flexibility index (Phi) is 2.55. The standard InChI is InChI=1S/C13H12N2/c1-3-10(2)14-13-9-8-11-6-4-5-7-12(11)15-13/h1,4-10H,2H3,(H,14,15). The highest BCUT2D eigenvalue weighted by atomic mass is 15.0. The van der Waals surface area contributed by atoms with Crippen LogP contribution in [-0.4, -0.2) is 11.0 Å². The minimum absolute atomic E-state index is 0.00124. The maximum atomic E-state index is 5.29. The quantitative estimate of drug-likeness (QED) is 0.747. The number of pyridine rings is 1. The molecule has 1 atom stereocenters. The minimum atomic E-state index is -0.00124. The van der Waals surface area contributed by atoms with E-state index in [-0.39, 0.29) is 6.04 Å². The van der Waals surface area contributed by atoms with E-state index in [1.165, 1.54) is 0 Å². The maximum Gasteiger partial charge on any atom is 0.127 e. The van der Waals surface area contributed by atoms with Crippen LogP contribution in [0.2, 0.25) is 0 Å². The van der Waals surface area contributed by atoms with E-state index in [1.54, 1.807) is 0 Å². The topological polar surface area (TPSA) is 24.9 Å². The Morgan fingerprint density at radius 2 is 2.07 bits per heavy atom. The number of nitrogens with one attached hydrogen (secondary N) is 1. The number of hydrogen-bond acceptors (Lipinski definition) is 2. The molecule has 1 aromatic carbocycles. The molecule has 0 saturated heterocycles. The van der Waals surface area contributed by atoms with Crippen molar-refractivity contribution in [3.8, 4) is 12.3 Å². The van der Waals surface area contributed by atoms with Crippen LogP contribution in [0.15, 0.2) is 36.4 Å². The highest BCUT2D eigenvalue weighted by molar-refractivity contribution is 5.80. The zero-order chi connectivity index (χ0) is 10.7. The second-order valence-corrected chi connectivity index (χ2v) is 3.42. The van der Waals surface area contributed by atoms with Gasteiger partial charge in [0.25, 0.3) is 0 Å². The molecule has 0 fully saturated rings. The smallest absolute Gasteiger partial charge is 0.127 e. The normalized spacial score (nSPS) is 12.0. The van der Waals surface area contributed by atoms with Crippen molar-refractivity contribution in [1.82, 2.24) is 4.98 Å². The maximum absolute atomic E-state index is 5.29. The van der Waals surface area contributed by atoms with Crippen LogP contribution >= 0.6 is 0 Å². The number of terminal acetylenes is 1. The number of aromatic nitrogens is 1. The fraction of sp³-hybridized carbons (Fsp3) is 0.154. The monoisotopic (exact) mass is 196 g/mol. The summed E-state index contributed by atoms with van der Waals surface area (Å²) in [5.41, 5.74) is 0.978. The molecule has 74 valence electrons. The summed E-state index contributed by atoms with van der Waals surface area (Å²) in [6, 6.07) is 12.0. The highest BCUT2D eigenvalue weighted by Crippen LogP contribution is 2.14. The van der Waals surface area contributed by atoms with Gasteiger partial charge in [-0.15, -0.1) is 6.42 Å². The summed E-state index contributed by atoms with van der Waals surface area (Å²) < 4.78 is 0. The van der Waals surface area contributed by atoms with Crippen molar-refractivity contribution in [2.75, 3.05) is 5.32 Å². The highest BCUT2D eigenvalue weighted by Gasteiger charge is 1.99. The third-order valence-electron chi connectivity index (χ3n) is 2.21. The van der Waals surface area contributed by atoms with E-state index in [4.69, 9.17) is 6.42 Å². The molecule has 0 radical (unpaired) electrons. The Hall–Kier alpha value is -2.01. The fourth-order valence-electron chi connectivity index (χ4n) is 1.41. The SMILES string of the molecule is C#CC(C)Nc1ccc2ccccc2n1. The van der Waals surface area contributed by atoms with Crippen LogP contribution in [0.1, 0.15) is 6.92 Å². The van der Waals surface area contributed by atoms with Gasteiger partial charge >= 0.3 is 0 Å². The second-order valence-electron chi connectivity index (χ2n) is 3.42. The molecule has 1 aromatic heterocycles. The molecule has 0 aliphatic heterocycles. The van der Waals surface area contributed by atoms with Gasteiger partial charge in [0, 0.05) is 5.39 Å². The predicted molar refractivity (Wildman–Crippen MR) is 63.7 cm³/mol. The average molecular weight is 196 g/mol. The van der Waals surface area contributed by atoms with Crippen molar-refractivity contribution in [2.45, 2.75) is 13.0 Å². The van der Waals surface area contributed by atoms with Gasteiger partial charge in [-0.3, -0.25) is 0 Å². The van der Waals surface area contributed by atoms with Gasteiger partial charge in [-0.25, -0.2) is 4.98 Å². The molecular weight excluding hydrogens is 184 g/mol. The van der Waals surface area contributed by atoms with Crippen molar-refractivity contribution in [1.29, 1.82) is 0 Å². The first kappa shape index (κ1) is 9.54. The van der Waals surface area contributed by atoms with E-state index in [0.717, 1.165) is 16.7 Å². The number of anilines is 1. The molecule has 0 aliphatic carbocycles. The molecule has 2 nitrogen and oxygen atoms in total. The van der Waals surface area contributed by atoms with Crippen LogP contribution in [0.25, 0.3) is 10.9 Å². The Balaban J connectivity index is 2.35. The molecule has 1 heterocycles. The van der Waals surface area contributed by atoms with E-state index < -0.39 is 0 Å². The zero-order valence-electron chi connectivity index (χ0n) is 8.57. The van der Waals surface area contributed by atoms with Gasteiger partial charge in [-0.05, 0) is 25.1 Å². The Morgan fingerprint density at radius 1 is 1.27 bits per heavy atom. The van der Waals surface area contributed by atoms with Gasteiger partial charge in [-0.1, -0.05) is 24.1 Å². The second kappa shape index (κ2) is 4.02. The van der Waals surface area contributed by atoms with Crippen LogP contribution < -0.4 is 5.32 Å². The summed E-state index contributed by atoms with van der Waals surface area (Å²) in [7, 11) is 0. The molecular formula is C13H12N2. The Bertz CT molecular complexity index is 511. The molecule has 1 N–H and O–H groups in total. The molecule has 2 aromatic rings. The van der Waals surface area contributed by atoms with Gasteiger partial charge in [0.15, 0.2) is 0 Å². The number of para-hydroxylation sites is 1. The molecule has 0 aliphatic rings. The van der Waals surface area contributed by atoms with Crippen molar-refractivity contribution in [3.05, 3.63) is 36.4 Å². The van der Waals surface area contributed by atoms with Crippen molar-refractivity contribution in [2.24, 2.45) is 0 Å². The zero-order valence-corrected chi connectivity index (χ0v) is 8.57. The van der Waals surface area contributed by atoms with Gasteiger partial charge in [0.1, 0.15) is 5.82 Å². The molecule has 15 heavy (non-hydrogen) atoms. The number of benzene rings is 1. The first-order chi connectivity index (χ1) is 7.29. The summed E-state index contributed by atoms with van der Waals surface area (Å²) in [5.74, 6) is 3.43. The van der Waals surface area contributed by atoms with Gasteiger partial charge in [0.05, 0.1) is 11.6 Å². The Labute approximate surface area is 89.3 Å². The van der Waals surface area contributed by atoms with Crippen LogP contribution in [0, 0.1) is 12.3 Å². The molecule has 1 unspecified atom stereocenters. The van der Waals surface area contributed by atoms with Crippen LogP contribution in [0.4, 0.5) is 5.82 Å². The first-order valence-electron chi connectivity index (χ1n) is 4.88. The van der Waals surface area contributed by atoms with E-state index in [9.17, 15) is 0 Å². The lowest BCUT2D eigenvalue weighted by molar-refractivity contribution is 1.02. The van der Waals surface area contributed by atoms with E-state index in [2.05, 4.69) is 16.2 Å². The molecule has 0 amide bonds. The first-order valence-corrected chi connectivity index (χ1v) is 4.88. The van der Waals surface area contributed by atoms with Crippen LogP contribution in [0.3, 0.4) is 0 Å². The lowest BCUT2D eigenvalue weighted by Crippen LogP contribution is -2.12. The van der Waals surface area contributed by atoms with Crippen molar-refractivity contribution < 1.29 is 0 Å². The lowest BCUT2D eigenvalue weighted by Gasteiger charge is -2.08. The third kappa shape index (κ3) is 2.08. The van der Waals surface area contributed by atoms with Gasteiger partial charge in [0.2, 0.25) is 0 Å². The molecule has 0 bridgehead atoms. The van der Waals surface area contributed by atoms with Crippen LogP contribution in [0.5, 0.6) is 0 Å². The average Bonchev–Trinajstić information content (AvgIpc) is 2.29. The van der Waals surface area contributed by atoms with Crippen molar-refractivity contribution in [3.63, 3.8) is 0 Å². The van der Waals surface area contributed by atoms with E-state index in [0.29, 0.717) is 0 Å². The summed E-state index contributed by atoms with van der Waals surface area (Å²) in [6.45, 7) is 1.93. The Morgan fingerprint density at radius 3 is 2.87 bits per heavy atom. The number of nitrogens with zero attached hydrogens (tertiary/aromatic N) is 1. The molecule has 0 saturated carbocycles. The third-order valence-corrected chi connectivity index (χ3v) is 2.21. The lowest BCUT2D eigenvalue weighted by atomic mass is 10.2. The van der Waals surface area contributed by atoms with E-state index >= 15 is 0 Å². The van der Waals surface area contributed by atoms with Crippen LogP contribution in [-0.2, 0) is 0 Å². The minimum Gasteiger partial charge on any atom is -0.357 e. The molecule has 0 spiro atoms. The fourth-order valence-corrected chi connectivity index (χ4v) is 1.41. The number of rotatable bonds is 2. The summed E-state index contributed by atoms with van der Waals surface area (Å²) in [5, 5.41) is 4.27. The van der Waals surface area contributed by atoms with Crippen molar-refractivity contribution >= 4 is 16.7 Å². The van der Waals surface area contributed by atoms with Gasteiger partial charge < -0.3 is 5.32 Å². The number of fused-ring (bicyclic) bond motifs is 1. The number of hydrogen-bond donors (Lipinski definition) is 1. The summed E-state index contributed by atoms with van der Waals surface area (Å²) >= 11 is 0. The summed E-state index contributed by atoms with van der Waals surface area (Å²) in [6.07, 6.45) is 5.29. The molecule has 2 rings (SSSR count). The molecule has 2 heteroatoms. The summed E-state index contributed by atoms with van der Waals surface area (Å²) in [4.78, 5) is 4.46.